The van der Waals surface area contributed by atoms with Gasteiger partial charge in [0.15, 0.2) is 0 Å². The van der Waals surface area contributed by atoms with E-state index in [9.17, 15) is 0 Å². The second-order valence-corrected chi connectivity index (χ2v) is 8.05. The summed E-state index contributed by atoms with van der Waals surface area (Å²) < 4.78 is 2.20. The zero-order valence-corrected chi connectivity index (χ0v) is 17.9. The van der Waals surface area contributed by atoms with Crippen molar-refractivity contribution in [2.75, 3.05) is 0 Å². The molecule has 1 N–H and O–H groups in total. The lowest BCUT2D eigenvalue weighted by Gasteiger charge is -2.04. The molecule has 0 aliphatic carbocycles. The Hall–Kier alpha value is -0.500. The van der Waals surface area contributed by atoms with Gasteiger partial charge in [-0.25, -0.2) is 9.55 Å². The molecule has 0 radical (unpaired) electrons. The molecule has 1 rings (SSSR count). The van der Waals surface area contributed by atoms with Crippen LogP contribution in [0, 0.1) is 5.92 Å². The molecule has 1 aromatic rings. The Kier molecular flexibility index (Phi) is 16.6. The summed E-state index contributed by atoms with van der Waals surface area (Å²) in [6.45, 7) is 4.67. The molecule has 0 fully saturated rings. The number of hydrogen-bond acceptors (Lipinski definition) is 0. The Bertz CT molecular complexity index is 387. The van der Waals surface area contributed by atoms with Crippen LogP contribution in [-0.2, 0) is 13.5 Å². The molecule has 0 unspecified atom stereocenters. The lowest BCUT2D eigenvalue weighted by atomic mass is 10.0. The van der Waals surface area contributed by atoms with E-state index in [1.807, 2.05) is 6.20 Å². The third-order valence-electron chi connectivity index (χ3n) is 5.17. The highest BCUT2D eigenvalue weighted by Gasteiger charge is 2.04. The number of nitrogens with zero attached hydrogens (tertiary/aromatic N) is 1. The molecule has 0 aliphatic rings. The minimum Gasteiger partial charge on any atom is -1.00 e. The first kappa shape index (κ1) is 24.5. The van der Waals surface area contributed by atoms with Crippen molar-refractivity contribution in [3.8, 4) is 0 Å². The van der Waals surface area contributed by atoms with E-state index in [1.54, 1.807) is 0 Å². The number of aromatic amines is 1. The average Bonchev–Trinajstić information content (AvgIpc) is 2.96. The number of rotatable bonds is 16. The summed E-state index contributed by atoms with van der Waals surface area (Å²) in [6.07, 6.45) is 25.4. The van der Waals surface area contributed by atoms with E-state index in [0.29, 0.717) is 0 Å². The topological polar surface area (TPSA) is 19.7 Å². The fourth-order valence-electron chi connectivity index (χ4n) is 3.48. The van der Waals surface area contributed by atoms with Crippen LogP contribution in [-0.4, -0.2) is 4.98 Å². The summed E-state index contributed by atoms with van der Waals surface area (Å²) in [5, 5.41) is 0. The maximum absolute atomic E-state index is 3.32. The Morgan fingerprint density at radius 1 is 0.760 bits per heavy atom. The van der Waals surface area contributed by atoms with Crippen LogP contribution in [0.2, 0.25) is 0 Å². The van der Waals surface area contributed by atoms with E-state index < -0.39 is 0 Å². The van der Waals surface area contributed by atoms with E-state index in [2.05, 4.69) is 36.6 Å². The zero-order chi connectivity index (χ0) is 17.5. The van der Waals surface area contributed by atoms with Crippen molar-refractivity contribution in [2.45, 2.75) is 110 Å². The summed E-state index contributed by atoms with van der Waals surface area (Å²) in [7, 11) is 2.12. The summed E-state index contributed by atoms with van der Waals surface area (Å²) in [5.74, 6) is 2.25. The van der Waals surface area contributed by atoms with Crippen LogP contribution in [0.5, 0.6) is 0 Å². The molecule has 0 saturated heterocycles. The monoisotopic (exact) mass is 370 g/mol. The SMILES string of the molecule is CC(C)CCCCCCCCCCCCCCCc1[nH]cc[n+]1C.[Cl-]. The number of imidazole rings is 1. The van der Waals surface area contributed by atoms with Crippen LogP contribution in [0.3, 0.4) is 0 Å². The van der Waals surface area contributed by atoms with Gasteiger partial charge in [0, 0.05) is 6.42 Å². The maximum Gasteiger partial charge on any atom is 0.253 e. The first-order valence-electron chi connectivity index (χ1n) is 10.7. The second-order valence-electron chi connectivity index (χ2n) is 8.05. The highest BCUT2D eigenvalue weighted by atomic mass is 35.5. The highest BCUT2D eigenvalue weighted by molar-refractivity contribution is 4.76. The number of hydrogen-bond donors (Lipinski definition) is 1. The van der Waals surface area contributed by atoms with Gasteiger partial charge in [-0.05, 0) is 12.3 Å². The van der Waals surface area contributed by atoms with E-state index in [1.165, 1.54) is 102 Å². The Morgan fingerprint density at radius 3 is 1.60 bits per heavy atom. The quantitative estimate of drug-likeness (QED) is 0.339. The van der Waals surface area contributed by atoms with E-state index in [4.69, 9.17) is 0 Å². The standard InChI is InChI=1S/C22H42N2.ClH/c1-21(2)17-15-13-11-9-7-5-4-6-8-10-12-14-16-18-22-23-19-20-24(22)3;/h19-21H,4-18H2,1-3H3;1H. The minimum atomic E-state index is 0. The third-order valence-corrected chi connectivity index (χ3v) is 5.17. The Morgan fingerprint density at radius 2 is 1.20 bits per heavy atom. The van der Waals surface area contributed by atoms with Crippen LogP contribution in [0.1, 0.15) is 110 Å². The van der Waals surface area contributed by atoms with Crippen molar-refractivity contribution >= 4 is 0 Å². The first-order chi connectivity index (χ1) is 11.7. The predicted octanol–water partition coefficient (Wildman–Crippen LogP) is 3.50. The summed E-state index contributed by atoms with van der Waals surface area (Å²) in [5.41, 5.74) is 0. The summed E-state index contributed by atoms with van der Waals surface area (Å²) in [4.78, 5) is 3.32. The number of H-pyrrole nitrogens is 1. The molecule has 2 nitrogen and oxygen atoms in total. The van der Waals surface area contributed by atoms with Crippen molar-refractivity contribution < 1.29 is 17.0 Å². The fraction of sp³-hybridized carbons (Fsp3) is 0.864. The molecular formula is C22H43ClN2. The summed E-state index contributed by atoms with van der Waals surface area (Å²) in [6, 6.07) is 0. The van der Waals surface area contributed by atoms with Gasteiger partial charge in [-0.3, -0.25) is 0 Å². The van der Waals surface area contributed by atoms with Crippen molar-refractivity contribution in [1.82, 2.24) is 4.98 Å². The van der Waals surface area contributed by atoms with Gasteiger partial charge in [-0.15, -0.1) is 0 Å². The van der Waals surface area contributed by atoms with Gasteiger partial charge >= 0.3 is 0 Å². The van der Waals surface area contributed by atoms with Crippen LogP contribution in [0.4, 0.5) is 0 Å². The molecule has 25 heavy (non-hydrogen) atoms. The Balaban J connectivity index is 0.00000576. The largest absolute Gasteiger partial charge is 1.00 e. The van der Waals surface area contributed by atoms with Gasteiger partial charge in [0.05, 0.1) is 7.05 Å². The number of nitrogens with one attached hydrogen (secondary N) is 1. The number of aromatic nitrogens is 2. The van der Waals surface area contributed by atoms with Crippen LogP contribution < -0.4 is 17.0 Å². The van der Waals surface area contributed by atoms with E-state index >= 15 is 0 Å². The molecule has 148 valence electrons. The van der Waals surface area contributed by atoms with Gasteiger partial charge in [-0.1, -0.05) is 97.3 Å². The van der Waals surface area contributed by atoms with Crippen molar-refractivity contribution in [2.24, 2.45) is 13.0 Å². The molecule has 0 aromatic carbocycles. The summed E-state index contributed by atoms with van der Waals surface area (Å²) >= 11 is 0. The highest BCUT2D eigenvalue weighted by Crippen LogP contribution is 2.14. The lowest BCUT2D eigenvalue weighted by Crippen LogP contribution is -3.00. The average molecular weight is 371 g/mol. The zero-order valence-electron chi connectivity index (χ0n) is 17.2. The predicted molar refractivity (Wildman–Crippen MR) is 105 cm³/mol. The van der Waals surface area contributed by atoms with Crippen LogP contribution in [0.15, 0.2) is 12.4 Å². The van der Waals surface area contributed by atoms with Crippen molar-refractivity contribution in [3.05, 3.63) is 18.2 Å². The van der Waals surface area contributed by atoms with Crippen molar-refractivity contribution in [1.29, 1.82) is 0 Å². The molecule has 0 amide bonds. The van der Waals surface area contributed by atoms with Gasteiger partial charge < -0.3 is 12.4 Å². The molecule has 3 heteroatoms. The first-order valence-corrected chi connectivity index (χ1v) is 10.7. The van der Waals surface area contributed by atoms with Gasteiger partial charge in [0.2, 0.25) is 0 Å². The number of aryl methyl sites for hydroxylation is 2. The fourth-order valence-corrected chi connectivity index (χ4v) is 3.48. The molecular weight excluding hydrogens is 328 g/mol. The maximum atomic E-state index is 3.32. The molecule has 1 heterocycles. The third kappa shape index (κ3) is 14.4. The van der Waals surface area contributed by atoms with E-state index in [-0.39, 0.29) is 12.4 Å². The molecule has 0 aliphatic heterocycles. The van der Waals surface area contributed by atoms with Crippen molar-refractivity contribution in [3.63, 3.8) is 0 Å². The van der Waals surface area contributed by atoms with Gasteiger partial charge in [0.1, 0.15) is 12.4 Å². The molecule has 0 bridgehead atoms. The lowest BCUT2D eigenvalue weighted by molar-refractivity contribution is -0.677. The molecule has 0 saturated carbocycles. The smallest absolute Gasteiger partial charge is 0.253 e. The van der Waals surface area contributed by atoms with Crippen LogP contribution in [0.25, 0.3) is 0 Å². The molecule has 1 aromatic heterocycles. The number of unbranched alkanes of at least 4 members (excludes halogenated alkanes) is 12. The Labute approximate surface area is 163 Å². The molecule has 0 atom stereocenters. The minimum absolute atomic E-state index is 0. The van der Waals surface area contributed by atoms with E-state index in [0.717, 1.165) is 5.92 Å². The van der Waals surface area contributed by atoms with Gasteiger partial charge in [-0.2, -0.15) is 0 Å². The normalized spacial score (nSPS) is 11.0. The van der Waals surface area contributed by atoms with Gasteiger partial charge in [0.25, 0.3) is 5.82 Å². The molecule has 0 spiro atoms. The second kappa shape index (κ2) is 16.9. The van der Waals surface area contributed by atoms with Crippen LogP contribution >= 0.6 is 0 Å². The number of halogens is 1.